The van der Waals surface area contributed by atoms with E-state index in [0.29, 0.717) is 5.92 Å². The molecule has 1 aromatic rings. The van der Waals surface area contributed by atoms with E-state index in [4.69, 9.17) is 0 Å². The molecule has 1 atom stereocenters. The molecule has 4 heteroatoms. The minimum atomic E-state index is 0.701. The predicted molar refractivity (Wildman–Crippen MR) is 74.2 cm³/mol. The van der Waals surface area contributed by atoms with Crippen LogP contribution >= 0.6 is 11.8 Å². The molecule has 1 aromatic heterocycles. The average molecular weight is 253 g/mol. The summed E-state index contributed by atoms with van der Waals surface area (Å²) in [5, 5.41) is 3.43. The lowest BCUT2D eigenvalue weighted by atomic mass is 10.1. The summed E-state index contributed by atoms with van der Waals surface area (Å²) in [5.74, 6) is 4.21. The first-order valence-electron chi connectivity index (χ1n) is 6.53. The molecule has 2 rings (SSSR count). The second-order valence-electron chi connectivity index (χ2n) is 5.32. The maximum atomic E-state index is 4.45. The van der Waals surface area contributed by atoms with E-state index >= 15 is 0 Å². The summed E-state index contributed by atoms with van der Waals surface area (Å²) in [7, 11) is 0. The van der Waals surface area contributed by atoms with Gasteiger partial charge in [0, 0.05) is 19.3 Å². The number of thioether (sulfide) groups is 1. The summed E-state index contributed by atoms with van der Waals surface area (Å²) in [6, 6.07) is 0. The molecule has 0 aromatic carbocycles. The highest BCUT2D eigenvalue weighted by Gasteiger charge is 2.15. The molecule has 1 unspecified atom stereocenters. The minimum absolute atomic E-state index is 0.701. The lowest BCUT2D eigenvalue weighted by molar-refractivity contribution is 0.492. The maximum absolute atomic E-state index is 4.45. The summed E-state index contributed by atoms with van der Waals surface area (Å²) in [6.07, 6.45) is 5.54. The summed E-state index contributed by atoms with van der Waals surface area (Å²) in [6.45, 7) is 7.55. The molecule has 17 heavy (non-hydrogen) atoms. The molecule has 0 amide bonds. The van der Waals surface area contributed by atoms with Crippen molar-refractivity contribution in [2.45, 2.75) is 33.4 Å². The molecule has 0 spiro atoms. The van der Waals surface area contributed by atoms with Gasteiger partial charge in [0.1, 0.15) is 0 Å². The fourth-order valence-corrected chi connectivity index (χ4v) is 3.38. The van der Waals surface area contributed by atoms with E-state index in [0.717, 1.165) is 31.2 Å². The SMILES string of the molecule is CC(C)CNCc1cn(CC2CCSC2)cn1. The van der Waals surface area contributed by atoms with Gasteiger partial charge < -0.3 is 9.88 Å². The molecule has 0 aliphatic carbocycles. The van der Waals surface area contributed by atoms with E-state index in [-0.39, 0.29) is 0 Å². The van der Waals surface area contributed by atoms with Gasteiger partial charge in [0.2, 0.25) is 0 Å². The molecule has 96 valence electrons. The van der Waals surface area contributed by atoms with Crippen LogP contribution in [0.5, 0.6) is 0 Å². The number of nitrogens with one attached hydrogen (secondary N) is 1. The third-order valence-electron chi connectivity index (χ3n) is 3.04. The molecule has 1 aliphatic rings. The van der Waals surface area contributed by atoms with Crippen LogP contribution in [0.15, 0.2) is 12.5 Å². The lowest BCUT2D eigenvalue weighted by Crippen LogP contribution is -2.19. The third-order valence-corrected chi connectivity index (χ3v) is 4.27. The van der Waals surface area contributed by atoms with Crippen LogP contribution in [0.1, 0.15) is 26.0 Å². The average Bonchev–Trinajstić information content (AvgIpc) is 2.90. The van der Waals surface area contributed by atoms with E-state index in [1.54, 1.807) is 0 Å². The van der Waals surface area contributed by atoms with Crippen LogP contribution in [0.4, 0.5) is 0 Å². The number of imidazole rings is 1. The zero-order valence-electron chi connectivity index (χ0n) is 10.9. The van der Waals surface area contributed by atoms with Gasteiger partial charge in [-0.3, -0.25) is 0 Å². The Hall–Kier alpha value is -0.480. The van der Waals surface area contributed by atoms with Crippen LogP contribution in [0, 0.1) is 11.8 Å². The van der Waals surface area contributed by atoms with E-state index < -0.39 is 0 Å². The topological polar surface area (TPSA) is 29.9 Å². The maximum Gasteiger partial charge on any atom is 0.0950 e. The molecule has 0 bridgehead atoms. The fraction of sp³-hybridized carbons (Fsp3) is 0.769. The van der Waals surface area contributed by atoms with Crippen molar-refractivity contribution in [3.8, 4) is 0 Å². The van der Waals surface area contributed by atoms with Crippen molar-refractivity contribution in [2.75, 3.05) is 18.1 Å². The van der Waals surface area contributed by atoms with Crippen molar-refractivity contribution in [1.82, 2.24) is 14.9 Å². The molecule has 2 heterocycles. The number of aromatic nitrogens is 2. The largest absolute Gasteiger partial charge is 0.337 e. The van der Waals surface area contributed by atoms with Crippen LogP contribution in [0.25, 0.3) is 0 Å². The molecule has 1 fully saturated rings. The van der Waals surface area contributed by atoms with E-state index in [1.807, 2.05) is 6.33 Å². The standard InChI is InChI=1S/C13H23N3S/c1-11(2)5-14-6-13-8-16(10-15-13)7-12-3-4-17-9-12/h8,10-12,14H,3-7,9H2,1-2H3. The van der Waals surface area contributed by atoms with E-state index in [1.165, 1.54) is 17.9 Å². The summed E-state index contributed by atoms with van der Waals surface area (Å²) < 4.78 is 2.25. The highest BCUT2D eigenvalue weighted by Crippen LogP contribution is 2.24. The van der Waals surface area contributed by atoms with E-state index in [9.17, 15) is 0 Å². The van der Waals surface area contributed by atoms with Crippen molar-refractivity contribution in [2.24, 2.45) is 11.8 Å². The van der Waals surface area contributed by atoms with Gasteiger partial charge in [0.15, 0.2) is 0 Å². The molecule has 1 N–H and O–H groups in total. The van der Waals surface area contributed by atoms with Crippen molar-refractivity contribution in [3.63, 3.8) is 0 Å². The van der Waals surface area contributed by atoms with Crippen LogP contribution in [-0.2, 0) is 13.1 Å². The Bertz CT molecular complexity index is 329. The van der Waals surface area contributed by atoms with Gasteiger partial charge in [0.25, 0.3) is 0 Å². The Morgan fingerprint density at radius 3 is 3.18 bits per heavy atom. The van der Waals surface area contributed by atoms with Crippen LogP contribution in [0.3, 0.4) is 0 Å². The van der Waals surface area contributed by atoms with Gasteiger partial charge >= 0.3 is 0 Å². The smallest absolute Gasteiger partial charge is 0.0950 e. The van der Waals surface area contributed by atoms with Crippen molar-refractivity contribution in [1.29, 1.82) is 0 Å². The van der Waals surface area contributed by atoms with Crippen LogP contribution in [0.2, 0.25) is 0 Å². The summed E-state index contributed by atoms with van der Waals surface area (Å²) in [4.78, 5) is 4.45. The lowest BCUT2D eigenvalue weighted by Gasteiger charge is -2.08. The van der Waals surface area contributed by atoms with Crippen molar-refractivity contribution < 1.29 is 0 Å². The first-order chi connectivity index (χ1) is 8.24. The molecule has 0 saturated carbocycles. The first-order valence-corrected chi connectivity index (χ1v) is 7.68. The number of rotatable bonds is 6. The van der Waals surface area contributed by atoms with E-state index in [2.05, 4.69) is 46.7 Å². The highest BCUT2D eigenvalue weighted by atomic mass is 32.2. The minimum Gasteiger partial charge on any atom is -0.337 e. The number of nitrogens with zero attached hydrogens (tertiary/aromatic N) is 2. The number of hydrogen-bond acceptors (Lipinski definition) is 3. The van der Waals surface area contributed by atoms with Gasteiger partial charge in [0.05, 0.1) is 12.0 Å². The van der Waals surface area contributed by atoms with Crippen LogP contribution < -0.4 is 5.32 Å². The quantitative estimate of drug-likeness (QED) is 0.844. The van der Waals surface area contributed by atoms with Crippen molar-refractivity contribution in [3.05, 3.63) is 18.2 Å². The molecule has 1 aliphatic heterocycles. The molecular formula is C13H23N3S. The fourth-order valence-electron chi connectivity index (χ4n) is 2.11. The van der Waals surface area contributed by atoms with Gasteiger partial charge in [-0.1, -0.05) is 13.8 Å². The second-order valence-corrected chi connectivity index (χ2v) is 6.47. The Labute approximate surface area is 108 Å². The Kier molecular flexibility index (Phi) is 4.92. The highest BCUT2D eigenvalue weighted by molar-refractivity contribution is 7.99. The Morgan fingerprint density at radius 2 is 2.47 bits per heavy atom. The number of hydrogen-bond donors (Lipinski definition) is 1. The second kappa shape index (κ2) is 6.45. The Balaban J connectivity index is 1.75. The summed E-state index contributed by atoms with van der Waals surface area (Å²) >= 11 is 2.08. The molecule has 3 nitrogen and oxygen atoms in total. The Morgan fingerprint density at radius 1 is 1.59 bits per heavy atom. The normalized spacial score (nSPS) is 20.3. The van der Waals surface area contributed by atoms with Gasteiger partial charge in [-0.25, -0.2) is 4.98 Å². The predicted octanol–water partition coefficient (Wildman–Crippen LogP) is 2.38. The molecule has 1 saturated heterocycles. The summed E-state index contributed by atoms with van der Waals surface area (Å²) in [5.41, 5.74) is 1.16. The monoisotopic (exact) mass is 253 g/mol. The molecule has 0 radical (unpaired) electrons. The zero-order chi connectivity index (χ0) is 12.1. The van der Waals surface area contributed by atoms with Crippen molar-refractivity contribution >= 4 is 11.8 Å². The third kappa shape index (κ3) is 4.36. The first kappa shape index (κ1) is 13.0. The van der Waals surface area contributed by atoms with Gasteiger partial charge in [-0.15, -0.1) is 0 Å². The van der Waals surface area contributed by atoms with Gasteiger partial charge in [-0.05, 0) is 36.3 Å². The van der Waals surface area contributed by atoms with Gasteiger partial charge in [-0.2, -0.15) is 11.8 Å². The zero-order valence-corrected chi connectivity index (χ0v) is 11.7. The molecular weight excluding hydrogens is 230 g/mol. The van der Waals surface area contributed by atoms with Crippen LogP contribution in [-0.4, -0.2) is 27.6 Å².